The van der Waals surface area contributed by atoms with Gasteiger partial charge in [0.2, 0.25) is 6.33 Å². The Morgan fingerprint density at radius 3 is 2.20 bits per heavy atom. The van der Waals surface area contributed by atoms with Crippen molar-refractivity contribution in [2.45, 2.75) is 92.3 Å². The normalized spacial score (nSPS) is 13.7. The topological polar surface area (TPSA) is 58.6 Å². The fraction of sp³-hybridized carbons (Fsp3) is 0.312. The number of aryl methyl sites for hydroxylation is 2. The Bertz CT molecular complexity index is 2650. The summed E-state index contributed by atoms with van der Waals surface area (Å²) >= 11 is 0. The molecule has 0 atom stereocenters. The molecule has 0 fully saturated rings. The molecular weight excluding hydrogens is 841 g/mol. The zero-order valence-electron chi connectivity index (χ0n) is 38.3. The summed E-state index contributed by atoms with van der Waals surface area (Å²) in [6.45, 7) is 15.0. The molecule has 0 unspecified atom stereocenters. The zero-order chi connectivity index (χ0) is 43.2. The van der Waals surface area contributed by atoms with Crippen LogP contribution in [0.3, 0.4) is 0 Å². The smallest absolute Gasteiger partial charge is 0.499 e. The SMILES string of the molecule is [2H]C([2H])([2H])[n+]1[c-]n(-c2[c-]cccc2)cc1.[2H]C([2H])([2H])c1cnc(-c2[c-]cc(C(C)C)c3c2oc2c(C#N)cccc23)cc1-c1c(C(C)C)cc(C(C)(C)C)cc1C(C)C.[Ir+3]. The van der Waals surface area contributed by atoms with Crippen LogP contribution in [0.5, 0.6) is 0 Å². The van der Waals surface area contributed by atoms with Crippen molar-refractivity contribution in [1.82, 2.24) is 9.55 Å². The Kier molecular flexibility index (Phi) is 9.82. The van der Waals surface area contributed by atoms with Crippen molar-refractivity contribution in [1.29, 1.82) is 5.26 Å². The van der Waals surface area contributed by atoms with E-state index < -0.39 is 13.8 Å². The van der Waals surface area contributed by atoms with E-state index in [0.29, 0.717) is 33.6 Å². The van der Waals surface area contributed by atoms with Gasteiger partial charge in [-0.1, -0.05) is 115 Å². The molecule has 0 aliphatic heterocycles. The van der Waals surface area contributed by atoms with Crippen LogP contribution in [0.15, 0.2) is 89.7 Å². The molecule has 0 bridgehead atoms. The van der Waals surface area contributed by atoms with Crippen molar-refractivity contribution < 1.29 is 37.3 Å². The number of fused-ring (bicyclic) bond motifs is 3. The van der Waals surface area contributed by atoms with Crippen molar-refractivity contribution in [2.24, 2.45) is 6.98 Å². The minimum Gasteiger partial charge on any atom is -0.499 e. The number of hydrogen-bond donors (Lipinski definition) is 0. The van der Waals surface area contributed by atoms with Gasteiger partial charge >= 0.3 is 20.1 Å². The van der Waals surface area contributed by atoms with Gasteiger partial charge < -0.3 is 18.5 Å². The van der Waals surface area contributed by atoms with Gasteiger partial charge in [-0.15, -0.1) is 17.7 Å². The number of hydrogen-bond acceptors (Lipinski definition) is 3. The molecular formula is C48H50IrN4O+. The molecule has 3 heterocycles. The summed E-state index contributed by atoms with van der Waals surface area (Å²) in [6.07, 6.45) is 7.32. The van der Waals surface area contributed by atoms with E-state index in [9.17, 15) is 5.26 Å². The minimum absolute atomic E-state index is 0. The van der Waals surface area contributed by atoms with Crippen molar-refractivity contribution in [2.75, 3.05) is 0 Å². The number of benzene rings is 4. The van der Waals surface area contributed by atoms with Gasteiger partial charge in [0, 0.05) is 28.1 Å². The maximum absolute atomic E-state index is 9.82. The van der Waals surface area contributed by atoms with E-state index in [4.69, 9.17) is 17.6 Å². The first-order valence-electron chi connectivity index (χ1n) is 21.1. The summed E-state index contributed by atoms with van der Waals surface area (Å²) in [6, 6.07) is 30.0. The van der Waals surface area contributed by atoms with Crippen LogP contribution in [0.2, 0.25) is 0 Å². The second kappa shape index (κ2) is 16.3. The first-order valence-corrected chi connectivity index (χ1v) is 18.1. The van der Waals surface area contributed by atoms with Crippen LogP contribution in [-0.4, -0.2) is 9.55 Å². The maximum atomic E-state index is 9.82. The Morgan fingerprint density at radius 1 is 0.907 bits per heavy atom. The summed E-state index contributed by atoms with van der Waals surface area (Å²) in [5.74, 6) is 0.516. The number of rotatable bonds is 6. The van der Waals surface area contributed by atoms with E-state index in [-0.39, 0.29) is 48.8 Å². The van der Waals surface area contributed by atoms with E-state index in [1.165, 1.54) is 18.0 Å². The first-order chi connectivity index (χ1) is 27.6. The third-order valence-corrected chi connectivity index (χ3v) is 9.62. The number of pyridine rings is 1. The van der Waals surface area contributed by atoms with Gasteiger partial charge in [0.1, 0.15) is 11.7 Å². The largest absolute Gasteiger partial charge is 3.00 e. The van der Waals surface area contributed by atoms with Crippen LogP contribution in [0.1, 0.15) is 122 Å². The number of para-hydroxylation sites is 2. The average Bonchev–Trinajstić information content (AvgIpc) is 3.83. The van der Waals surface area contributed by atoms with Gasteiger partial charge in [0.15, 0.2) is 0 Å². The fourth-order valence-electron chi connectivity index (χ4n) is 6.73. The Balaban J connectivity index is 0.000000358. The average molecular weight is 897 g/mol. The molecule has 0 amide bonds. The summed E-state index contributed by atoms with van der Waals surface area (Å²) < 4.78 is 56.2. The van der Waals surface area contributed by atoms with Crippen LogP contribution < -0.4 is 4.57 Å². The minimum atomic E-state index is -2.37. The molecule has 0 radical (unpaired) electrons. The van der Waals surface area contributed by atoms with Crippen molar-refractivity contribution in [3.8, 4) is 34.1 Å². The molecule has 0 spiro atoms. The summed E-state index contributed by atoms with van der Waals surface area (Å²) in [7, 11) is 0. The summed E-state index contributed by atoms with van der Waals surface area (Å²) in [4.78, 5) is 4.73. The molecule has 4 aromatic carbocycles. The molecule has 5 nitrogen and oxygen atoms in total. The molecule has 54 heavy (non-hydrogen) atoms. The predicted octanol–water partition coefficient (Wildman–Crippen LogP) is 11.9. The standard InChI is InChI=1S/C38H41N2O.C10H9N2.Ir/c1-21(2)27-14-15-28(37-35(27)29-13-11-12-25(19-39)36(29)41-37)33-18-32(24(7)20-40-33)34-30(22(3)4)16-26(38(8,9)10)17-31(34)23(5)6;1-11-7-8-12(9-11)10-5-3-2-4-6-10;/h11-14,16-18,20-23H,1-10H3;2-5,7-8H,1H3;/q2*-1;+3/i7D3;1D3;. The number of furan rings is 1. The van der Waals surface area contributed by atoms with Gasteiger partial charge in [0.05, 0.1) is 22.2 Å². The zero-order valence-corrected chi connectivity index (χ0v) is 34.7. The molecule has 7 rings (SSSR count). The third kappa shape index (κ3) is 8.00. The molecule has 0 aliphatic rings. The Morgan fingerprint density at radius 2 is 1.63 bits per heavy atom. The van der Waals surface area contributed by atoms with E-state index in [2.05, 4.69) is 99.0 Å². The summed E-state index contributed by atoms with van der Waals surface area (Å²) in [5, 5.41) is 11.6. The molecule has 0 saturated carbocycles. The van der Waals surface area contributed by atoms with E-state index >= 15 is 0 Å². The van der Waals surface area contributed by atoms with E-state index in [0.717, 1.165) is 43.3 Å². The monoisotopic (exact) mass is 897 g/mol. The molecule has 0 aliphatic carbocycles. The fourth-order valence-corrected chi connectivity index (χ4v) is 6.73. The van der Waals surface area contributed by atoms with Gasteiger partial charge in [-0.3, -0.25) is 0 Å². The molecule has 6 heteroatoms. The van der Waals surface area contributed by atoms with Crippen LogP contribution in [0.25, 0.3) is 50.0 Å². The molecule has 0 saturated heterocycles. The Labute approximate surface area is 343 Å². The van der Waals surface area contributed by atoms with Crippen molar-refractivity contribution >= 4 is 21.9 Å². The van der Waals surface area contributed by atoms with Crippen LogP contribution in [-0.2, 0) is 32.5 Å². The number of aromatic nitrogens is 3. The van der Waals surface area contributed by atoms with Crippen LogP contribution in [0, 0.1) is 36.6 Å². The van der Waals surface area contributed by atoms with Crippen molar-refractivity contribution in [3.05, 3.63) is 137 Å². The van der Waals surface area contributed by atoms with Crippen LogP contribution >= 0.6 is 0 Å². The molecule has 0 N–H and O–H groups in total. The van der Waals surface area contributed by atoms with E-state index in [1.54, 1.807) is 22.9 Å². The predicted molar refractivity (Wildman–Crippen MR) is 216 cm³/mol. The molecule has 7 aromatic rings. The third-order valence-electron chi connectivity index (χ3n) is 9.62. The van der Waals surface area contributed by atoms with Crippen LogP contribution in [0.4, 0.5) is 0 Å². The van der Waals surface area contributed by atoms with Gasteiger partial charge in [-0.2, -0.15) is 35.6 Å². The number of nitriles is 1. The van der Waals surface area contributed by atoms with Gasteiger partial charge in [-0.25, -0.2) is 0 Å². The summed E-state index contributed by atoms with van der Waals surface area (Å²) in [5.41, 5.74) is 9.91. The second-order valence-corrected chi connectivity index (χ2v) is 15.5. The Hall–Kier alpha value is -4.82. The van der Waals surface area contributed by atoms with Gasteiger partial charge in [-0.05, 0) is 69.2 Å². The molecule has 276 valence electrons. The van der Waals surface area contributed by atoms with Gasteiger partial charge in [0.25, 0.3) is 0 Å². The van der Waals surface area contributed by atoms with Crippen molar-refractivity contribution in [3.63, 3.8) is 0 Å². The maximum Gasteiger partial charge on any atom is 3.00 e. The second-order valence-electron chi connectivity index (χ2n) is 15.5. The van der Waals surface area contributed by atoms with E-state index in [1.807, 2.05) is 42.5 Å². The number of nitrogens with zero attached hydrogens (tertiary/aromatic N) is 4. The number of imidazole rings is 1. The quantitative estimate of drug-likeness (QED) is 0.123. The molecule has 3 aromatic heterocycles. The first kappa shape index (κ1) is 32.6.